The molecule has 1 unspecified atom stereocenters. The summed E-state index contributed by atoms with van der Waals surface area (Å²) in [4.78, 5) is 14.6. The number of carbonyl (C=O) groups excluding carboxylic acids is 1. The summed E-state index contributed by atoms with van der Waals surface area (Å²) in [6.07, 6.45) is 3.02. The summed E-state index contributed by atoms with van der Waals surface area (Å²) in [6, 6.07) is 5.61. The van der Waals surface area contributed by atoms with Crippen LogP contribution in [0.4, 0.5) is 0 Å². The van der Waals surface area contributed by atoms with Crippen LogP contribution in [0.1, 0.15) is 10.4 Å². The van der Waals surface area contributed by atoms with E-state index in [1.807, 2.05) is 24.4 Å². The Balaban J connectivity index is 1.87. The summed E-state index contributed by atoms with van der Waals surface area (Å²) < 4.78 is 7.12. The van der Waals surface area contributed by atoms with Gasteiger partial charge >= 0.3 is 0 Å². The molecule has 6 nitrogen and oxygen atoms in total. The van der Waals surface area contributed by atoms with E-state index in [9.17, 15) is 4.79 Å². The highest BCUT2D eigenvalue weighted by Gasteiger charge is 2.27. The zero-order valence-electron chi connectivity index (χ0n) is 10.7. The van der Waals surface area contributed by atoms with E-state index in [4.69, 9.17) is 22.7 Å². The van der Waals surface area contributed by atoms with Gasteiger partial charge in [-0.15, -0.1) is 0 Å². The quantitative estimate of drug-likeness (QED) is 0.814. The predicted octanol–water partition coefficient (Wildman–Crippen LogP) is 0.461. The molecule has 3 rings (SSSR count). The fourth-order valence-corrected chi connectivity index (χ4v) is 2.42. The lowest BCUT2D eigenvalue weighted by Gasteiger charge is -2.32. The Morgan fingerprint density at radius 1 is 1.50 bits per heavy atom. The van der Waals surface area contributed by atoms with Crippen molar-refractivity contribution < 1.29 is 9.53 Å². The average molecular weight is 290 g/mol. The Bertz CT molecular complexity index is 669. The molecule has 2 N–H and O–H groups in total. The second kappa shape index (κ2) is 5.18. The summed E-state index contributed by atoms with van der Waals surface area (Å²) in [5.74, 6) is -0.0734. The Kier molecular flexibility index (Phi) is 3.37. The van der Waals surface area contributed by atoms with Crippen LogP contribution in [-0.2, 0) is 4.74 Å². The second-order valence-corrected chi connectivity index (χ2v) is 5.07. The fraction of sp³-hybridized carbons (Fsp3) is 0.308. The van der Waals surface area contributed by atoms with E-state index in [-0.39, 0.29) is 17.0 Å². The highest BCUT2D eigenvalue weighted by Crippen LogP contribution is 2.15. The van der Waals surface area contributed by atoms with Gasteiger partial charge in [-0.1, -0.05) is 18.3 Å². The molecule has 7 heteroatoms. The van der Waals surface area contributed by atoms with E-state index in [1.54, 1.807) is 15.6 Å². The maximum absolute atomic E-state index is 12.6. The van der Waals surface area contributed by atoms with Crippen LogP contribution in [0.15, 0.2) is 30.6 Å². The number of fused-ring (bicyclic) bond motifs is 1. The van der Waals surface area contributed by atoms with E-state index < -0.39 is 0 Å². The molecule has 0 saturated carbocycles. The highest BCUT2D eigenvalue weighted by molar-refractivity contribution is 7.80. The topological polar surface area (TPSA) is 72.9 Å². The smallest absolute Gasteiger partial charge is 0.257 e. The minimum atomic E-state index is -0.371. The number of rotatable bonds is 2. The second-order valence-electron chi connectivity index (χ2n) is 4.60. The van der Waals surface area contributed by atoms with Crippen molar-refractivity contribution in [3.63, 3.8) is 0 Å². The molecule has 1 amide bonds. The first-order valence-electron chi connectivity index (χ1n) is 6.29. The number of nitrogens with zero attached hydrogens (tertiary/aromatic N) is 3. The molecule has 2 aromatic heterocycles. The van der Waals surface area contributed by atoms with Crippen LogP contribution >= 0.6 is 12.2 Å². The number of hydrogen-bond donors (Lipinski definition) is 1. The summed E-state index contributed by atoms with van der Waals surface area (Å²) in [5, 5.41) is 4.18. The van der Waals surface area contributed by atoms with Crippen LogP contribution < -0.4 is 5.73 Å². The van der Waals surface area contributed by atoms with Crippen LogP contribution in [0.3, 0.4) is 0 Å². The molecule has 0 aromatic carbocycles. The lowest BCUT2D eigenvalue weighted by atomic mass is 10.2. The van der Waals surface area contributed by atoms with Gasteiger partial charge < -0.3 is 15.4 Å². The molecule has 0 aliphatic carbocycles. The standard InChI is InChI=1S/C13H14N4O2S/c14-12(20)11-8-16(5-6-19-11)13(18)9-7-15-17-4-2-1-3-10(9)17/h1-4,7,11H,5-6,8H2,(H2,14,20). The van der Waals surface area contributed by atoms with Gasteiger partial charge in [0.25, 0.3) is 5.91 Å². The number of amides is 1. The number of aromatic nitrogens is 2. The summed E-state index contributed by atoms with van der Waals surface area (Å²) >= 11 is 4.93. The first kappa shape index (κ1) is 13.0. The maximum Gasteiger partial charge on any atom is 0.257 e. The minimum absolute atomic E-state index is 0.0734. The monoisotopic (exact) mass is 290 g/mol. The fourth-order valence-electron chi connectivity index (χ4n) is 2.28. The minimum Gasteiger partial charge on any atom is -0.391 e. The number of morpholine rings is 1. The van der Waals surface area contributed by atoms with E-state index in [0.717, 1.165) is 5.52 Å². The van der Waals surface area contributed by atoms with E-state index in [0.29, 0.717) is 25.3 Å². The Hall–Kier alpha value is -1.99. The van der Waals surface area contributed by atoms with Gasteiger partial charge in [-0.05, 0) is 12.1 Å². The number of nitrogens with two attached hydrogens (primary N) is 1. The molecule has 1 atom stereocenters. The maximum atomic E-state index is 12.6. The van der Waals surface area contributed by atoms with Crippen LogP contribution in [0.5, 0.6) is 0 Å². The number of ether oxygens (including phenoxy) is 1. The molecule has 0 radical (unpaired) electrons. The summed E-state index contributed by atoms with van der Waals surface area (Å²) in [6.45, 7) is 1.35. The third-order valence-corrected chi connectivity index (χ3v) is 3.59. The molecule has 1 aliphatic rings. The van der Waals surface area contributed by atoms with Gasteiger partial charge in [0.1, 0.15) is 11.1 Å². The van der Waals surface area contributed by atoms with Crippen molar-refractivity contribution in [1.29, 1.82) is 0 Å². The summed E-state index contributed by atoms with van der Waals surface area (Å²) in [7, 11) is 0. The first-order valence-corrected chi connectivity index (χ1v) is 6.70. The first-order chi connectivity index (χ1) is 9.66. The zero-order valence-corrected chi connectivity index (χ0v) is 11.5. The van der Waals surface area contributed by atoms with Crippen molar-refractivity contribution in [3.05, 3.63) is 36.2 Å². The molecule has 20 heavy (non-hydrogen) atoms. The van der Waals surface area contributed by atoms with Crippen molar-refractivity contribution in [2.75, 3.05) is 19.7 Å². The van der Waals surface area contributed by atoms with Crippen LogP contribution in [0.2, 0.25) is 0 Å². The van der Waals surface area contributed by atoms with Crippen LogP contribution in [0.25, 0.3) is 5.52 Å². The van der Waals surface area contributed by atoms with Gasteiger partial charge in [-0.2, -0.15) is 5.10 Å². The number of thiocarbonyl (C=S) groups is 1. The van der Waals surface area contributed by atoms with Gasteiger partial charge in [0.15, 0.2) is 0 Å². The molecule has 0 bridgehead atoms. The highest BCUT2D eigenvalue weighted by atomic mass is 32.1. The third-order valence-electron chi connectivity index (χ3n) is 3.33. The van der Waals surface area contributed by atoms with Gasteiger partial charge in [0.2, 0.25) is 0 Å². The number of carbonyl (C=O) groups is 1. The molecule has 2 aromatic rings. The molecule has 1 saturated heterocycles. The van der Waals surface area contributed by atoms with E-state index in [2.05, 4.69) is 5.10 Å². The predicted molar refractivity (Wildman–Crippen MR) is 77.6 cm³/mol. The molecule has 0 spiro atoms. The number of pyridine rings is 1. The lowest BCUT2D eigenvalue weighted by molar-refractivity contribution is 0.00888. The van der Waals surface area contributed by atoms with E-state index in [1.165, 1.54) is 0 Å². The van der Waals surface area contributed by atoms with Gasteiger partial charge in [-0.25, -0.2) is 4.52 Å². The van der Waals surface area contributed by atoms with E-state index >= 15 is 0 Å². The molecule has 104 valence electrons. The number of hydrogen-bond acceptors (Lipinski definition) is 4. The normalized spacial score (nSPS) is 19.2. The molecular weight excluding hydrogens is 276 g/mol. The molecule has 3 heterocycles. The average Bonchev–Trinajstić information content (AvgIpc) is 2.90. The van der Waals surface area contributed by atoms with Crippen molar-refractivity contribution in [3.8, 4) is 0 Å². The summed E-state index contributed by atoms with van der Waals surface area (Å²) in [5.41, 5.74) is 6.96. The molecule has 1 fully saturated rings. The SMILES string of the molecule is NC(=S)C1CN(C(=O)c2cnn3ccccc23)CCO1. The van der Waals surface area contributed by atoms with Crippen LogP contribution in [0, 0.1) is 0 Å². The zero-order chi connectivity index (χ0) is 14.1. The van der Waals surface area contributed by atoms with Gasteiger partial charge in [0, 0.05) is 12.7 Å². The van der Waals surface area contributed by atoms with Crippen LogP contribution in [-0.4, -0.2) is 51.2 Å². The van der Waals surface area contributed by atoms with Crippen molar-refractivity contribution in [2.24, 2.45) is 5.73 Å². The largest absolute Gasteiger partial charge is 0.391 e. The lowest BCUT2D eigenvalue weighted by Crippen LogP contribution is -2.49. The van der Waals surface area contributed by atoms with Gasteiger partial charge in [-0.3, -0.25) is 4.79 Å². The van der Waals surface area contributed by atoms with Crippen molar-refractivity contribution in [1.82, 2.24) is 14.5 Å². The molecule has 1 aliphatic heterocycles. The Labute approximate surface area is 121 Å². The Morgan fingerprint density at radius 3 is 3.15 bits per heavy atom. The van der Waals surface area contributed by atoms with Crippen molar-refractivity contribution in [2.45, 2.75) is 6.10 Å². The third kappa shape index (κ3) is 2.25. The van der Waals surface area contributed by atoms with Gasteiger partial charge in [0.05, 0.1) is 30.4 Å². The Morgan fingerprint density at radius 2 is 2.35 bits per heavy atom. The molecular formula is C13H14N4O2S. The van der Waals surface area contributed by atoms with Crippen molar-refractivity contribution >= 4 is 28.6 Å².